The maximum atomic E-state index is 12.2. The van der Waals surface area contributed by atoms with Crippen LogP contribution < -0.4 is 5.14 Å². The van der Waals surface area contributed by atoms with Crippen LogP contribution in [0.25, 0.3) is 0 Å². The monoisotopic (exact) mass is 272 g/mol. The van der Waals surface area contributed by atoms with Crippen molar-refractivity contribution in [2.45, 2.75) is 37.6 Å². The van der Waals surface area contributed by atoms with Gasteiger partial charge in [-0.3, -0.25) is 4.57 Å². The summed E-state index contributed by atoms with van der Waals surface area (Å²) < 4.78 is 59.8. The Balaban J connectivity index is 3.31. The van der Waals surface area contributed by atoms with Gasteiger partial charge in [-0.1, -0.05) is 0 Å². The van der Waals surface area contributed by atoms with E-state index in [1.54, 1.807) is 0 Å². The van der Waals surface area contributed by atoms with Crippen LogP contribution in [-0.4, -0.2) is 29.4 Å². The number of alkyl halides is 3. The molecule has 0 aliphatic rings. The molecule has 0 spiro atoms. The van der Waals surface area contributed by atoms with Crippen LogP contribution in [0.1, 0.15) is 25.7 Å². The number of rotatable bonds is 3. The van der Waals surface area contributed by atoms with Gasteiger partial charge in [-0.05, 0) is 13.8 Å². The minimum Gasteiger partial charge on any atom is -0.298 e. The fourth-order valence-corrected chi connectivity index (χ4v) is 2.06. The smallest absolute Gasteiger partial charge is 0.298 e. The van der Waals surface area contributed by atoms with Crippen LogP contribution in [0.4, 0.5) is 13.2 Å². The van der Waals surface area contributed by atoms with Gasteiger partial charge in [-0.25, -0.2) is 13.6 Å². The quantitative estimate of drug-likeness (QED) is 0.872. The summed E-state index contributed by atoms with van der Waals surface area (Å²) >= 11 is 0. The molecule has 1 aromatic rings. The summed E-state index contributed by atoms with van der Waals surface area (Å²) in [6.07, 6.45) is -5.84. The molecule has 6 nitrogen and oxygen atoms in total. The van der Waals surface area contributed by atoms with Crippen molar-refractivity contribution < 1.29 is 21.6 Å². The average Bonchev–Trinajstić information content (AvgIpc) is 2.43. The highest BCUT2D eigenvalue weighted by molar-refractivity contribution is 7.89. The molecule has 2 N–H and O–H groups in total. The molecule has 0 aromatic carbocycles. The van der Waals surface area contributed by atoms with E-state index in [0.29, 0.717) is 0 Å². The number of primary sulfonamides is 1. The molecule has 0 aliphatic heterocycles. The Hall–Kier alpha value is -1.16. The van der Waals surface area contributed by atoms with Gasteiger partial charge in [-0.2, -0.15) is 13.2 Å². The Labute approximate surface area is 95.7 Å². The highest BCUT2D eigenvalue weighted by atomic mass is 32.2. The second kappa shape index (κ2) is 4.26. The van der Waals surface area contributed by atoms with Crippen LogP contribution in [0, 0.1) is 0 Å². The van der Waals surface area contributed by atoms with Crippen LogP contribution in [0.2, 0.25) is 0 Å². The molecule has 17 heavy (non-hydrogen) atoms. The van der Waals surface area contributed by atoms with E-state index < -0.39 is 39.6 Å². The second-order valence-corrected chi connectivity index (χ2v) is 5.15. The largest absolute Gasteiger partial charge is 0.396 e. The topological polar surface area (TPSA) is 90.9 Å². The van der Waals surface area contributed by atoms with E-state index in [2.05, 4.69) is 10.2 Å². The van der Waals surface area contributed by atoms with E-state index in [1.165, 1.54) is 13.8 Å². The molecule has 0 radical (unpaired) electrons. The first kappa shape index (κ1) is 13.9. The Morgan fingerprint density at radius 2 is 1.88 bits per heavy atom. The molecule has 10 heteroatoms. The first-order chi connectivity index (χ1) is 7.52. The lowest BCUT2D eigenvalue weighted by Crippen LogP contribution is -2.22. The molecule has 0 saturated heterocycles. The number of nitrogens with zero attached hydrogens (tertiary/aromatic N) is 3. The number of hydrogen-bond donors (Lipinski definition) is 1. The van der Waals surface area contributed by atoms with Crippen molar-refractivity contribution in [3.05, 3.63) is 5.82 Å². The third-order valence-electron chi connectivity index (χ3n) is 1.86. The number of halogens is 3. The molecule has 0 aliphatic carbocycles. The highest BCUT2D eigenvalue weighted by Crippen LogP contribution is 2.23. The van der Waals surface area contributed by atoms with Gasteiger partial charge in [-0.15, -0.1) is 10.2 Å². The molecule has 1 aromatic heterocycles. The molecule has 0 saturated carbocycles. The third-order valence-corrected chi connectivity index (χ3v) is 2.65. The highest BCUT2D eigenvalue weighted by Gasteiger charge is 2.33. The van der Waals surface area contributed by atoms with Crippen LogP contribution in [0.3, 0.4) is 0 Å². The summed E-state index contributed by atoms with van der Waals surface area (Å²) in [6, 6.07) is -0.546. The number of hydrogen-bond acceptors (Lipinski definition) is 4. The number of nitrogens with two attached hydrogens (primary N) is 1. The van der Waals surface area contributed by atoms with Gasteiger partial charge in [0.25, 0.3) is 15.2 Å². The second-order valence-electron chi connectivity index (χ2n) is 3.70. The molecule has 0 atom stereocenters. The lowest BCUT2D eigenvalue weighted by atomic mass is 10.3. The Kier molecular flexibility index (Phi) is 3.48. The molecule has 0 amide bonds. The predicted molar refractivity (Wildman–Crippen MR) is 51.5 cm³/mol. The van der Waals surface area contributed by atoms with Gasteiger partial charge >= 0.3 is 6.18 Å². The molecule has 0 unspecified atom stereocenters. The third kappa shape index (κ3) is 3.40. The Bertz CT molecular complexity index is 506. The summed E-state index contributed by atoms with van der Waals surface area (Å²) in [5, 5.41) is 10.6. The standard InChI is InChI=1S/C7H11F3N4O2S/c1-4(2)14-5(3-7(8,9)10)12-13-6(14)17(11,15)16/h4H,3H2,1-2H3,(H2,11,15,16). The Morgan fingerprint density at radius 3 is 2.24 bits per heavy atom. The Morgan fingerprint density at radius 1 is 1.35 bits per heavy atom. The summed E-state index contributed by atoms with van der Waals surface area (Å²) in [6.45, 7) is 3.02. The maximum absolute atomic E-state index is 12.2. The van der Waals surface area contributed by atoms with Gasteiger partial charge in [0.05, 0.1) is 0 Å². The van der Waals surface area contributed by atoms with E-state index in [1.807, 2.05) is 0 Å². The average molecular weight is 272 g/mol. The zero-order valence-corrected chi connectivity index (χ0v) is 9.88. The van der Waals surface area contributed by atoms with Crippen molar-refractivity contribution in [1.29, 1.82) is 0 Å². The zero-order chi connectivity index (χ0) is 13.4. The molecule has 1 rings (SSSR count). The van der Waals surface area contributed by atoms with Gasteiger partial charge in [0.15, 0.2) is 0 Å². The van der Waals surface area contributed by atoms with Crippen molar-refractivity contribution in [3.63, 3.8) is 0 Å². The van der Waals surface area contributed by atoms with Crippen LogP contribution in [0.5, 0.6) is 0 Å². The molecular formula is C7H11F3N4O2S. The lowest BCUT2D eigenvalue weighted by molar-refractivity contribution is -0.129. The minimum absolute atomic E-state index is 0.475. The van der Waals surface area contributed by atoms with Crippen molar-refractivity contribution in [3.8, 4) is 0 Å². The SMILES string of the molecule is CC(C)n1c(CC(F)(F)F)nnc1S(N)(=O)=O. The van der Waals surface area contributed by atoms with E-state index in [9.17, 15) is 21.6 Å². The van der Waals surface area contributed by atoms with E-state index >= 15 is 0 Å². The number of aromatic nitrogens is 3. The predicted octanol–water partition coefficient (Wildman–Crippen LogP) is 0.611. The van der Waals surface area contributed by atoms with Gasteiger partial charge in [0, 0.05) is 6.04 Å². The zero-order valence-electron chi connectivity index (χ0n) is 9.06. The van der Waals surface area contributed by atoms with E-state index in [4.69, 9.17) is 5.14 Å². The lowest BCUT2D eigenvalue weighted by Gasteiger charge is -2.13. The molecular weight excluding hydrogens is 261 g/mol. The van der Waals surface area contributed by atoms with Crippen molar-refractivity contribution >= 4 is 10.0 Å². The van der Waals surface area contributed by atoms with Crippen molar-refractivity contribution in [2.75, 3.05) is 0 Å². The number of sulfonamides is 1. The summed E-state index contributed by atoms with van der Waals surface area (Å²) in [5.74, 6) is -0.475. The summed E-state index contributed by atoms with van der Waals surface area (Å²) in [7, 11) is -4.19. The fourth-order valence-electron chi connectivity index (χ4n) is 1.32. The first-order valence-electron chi connectivity index (χ1n) is 4.55. The van der Waals surface area contributed by atoms with E-state index in [-0.39, 0.29) is 0 Å². The summed E-state index contributed by atoms with van der Waals surface area (Å²) in [4.78, 5) is 0. The van der Waals surface area contributed by atoms with Crippen molar-refractivity contribution in [2.24, 2.45) is 5.14 Å². The van der Waals surface area contributed by atoms with Crippen LogP contribution in [-0.2, 0) is 16.4 Å². The molecule has 0 fully saturated rings. The van der Waals surface area contributed by atoms with Crippen LogP contribution >= 0.6 is 0 Å². The van der Waals surface area contributed by atoms with Gasteiger partial charge in [0.1, 0.15) is 12.2 Å². The van der Waals surface area contributed by atoms with Crippen LogP contribution in [0.15, 0.2) is 5.16 Å². The molecule has 98 valence electrons. The normalized spacial score (nSPS) is 13.4. The minimum atomic E-state index is -4.49. The molecule has 1 heterocycles. The summed E-state index contributed by atoms with van der Waals surface area (Å²) in [5.41, 5.74) is 0. The van der Waals surface area contributed by atoms with Crippen molar-refractivity contribution in [1.82, 2.24) is 14.8 Å². The molecule has 0 bridgehead atoms. The van der Waals surface area contributed by atoms with Gasteiger partial charge in [0.2, 0.25) is 0 Å². The fraction of sp³-hybridized carbons (Fsp3) is 0.714. The van der Waals surface area contributed by atoms with E-state index in [0.717, 1.165) is 4.57 Å². The maximum Gasteiger partial charge on any atom is 0.396 e. The first-order valence-corrected chi connectivity index (χ1v) is 6.10. The van der Waals surface area contributed by atoms with Gasteiger partial charge < -0.3 is 0 Å².